The van der Waals surface area contributed by atoms with Crippen LogP contribution in [0.2, 0.25) is 0 Å². The number of aliphatic hydroxyl groups excluding tert-OH is 8. The van der Waals surface area contributed by atoms with Crippen molar-refractivity contribution in [1.82, 2.24) is 5.32 Å². The highest BCUT2D eigenvalue weighted by atomic mass is 16.7. The predicted octanol–water partition coefficient (Wildman–Crippen LogP) is 17.5. The zero-order chi connectivity index (χ0) is 69.4. The second-order valence-corrected chi connectivity index (χ2v) is 27.1. The molecule has 12 unspecified atom stereocenters. The van der Waals surface area contributed by atoms with Crippen LogP contribution in [-0.4, -0.2) is 140 Å². The summed E-state index contributed by atoms with van der Waals surface area (Å²) in [7, 11) is 0. The molecule has 2 rings (SSSR count). The molecule has 96 heavy (non-hydrogen) atoms. The van der Waals surface area contributed by atoms with Crippen molar-refractivity contribution in [3.63, 3.8) is 0 Å². The van der Waals surface area contributed by atoms with Gasteiger partial charge in [0.25, 0.3) is 0 Å². The molecule has 1 amide bonds. The number of rotatable bonds is 64. The Labute approximate surface area is 585 Å². The first-order valence-electron chi connectivity index (χ1n) is 39.1. The maximum absolute atomic E-state index is 13.4. The number of ether oxygens (including phenoxy) is 4. The summed E-state index contributed by atoms with van der Waals surface area (Å²) in [4.78, 5) is 13.4. The first kappa shape index (κ1) is 88.7. The van der Waals surface area contributed by atoms with E-state index in [-0.39, 0.29) is 18.9 Å². The van der Waals surface area contributed by atoms with Gasteiger partial charge in [-0.05, 0) is 96.3 Å². The number of hydrogen-bond donors (Lipinski definition) is 9. The van der Waals surface area contributed by atoms with Crippen LogP contribution in [0.5, 0.6) is 0 Å². The SMILES string of the molecule is CC/C=C\C/C=C\C/C=C\C/C=C\C/C=C\C/C=C\CCCCCCCCCCCCC(=O)NC(COC1OC(CO)C(OC2OC(CO)C(O)C(O)C2O)C(O)C1O)C(O)/C=C/CC/C=C/CC/C=C/CCCCCCCCCCCCCCCCCCCCCCCCC. The Bertz CT molecular complexity index is 2030. The van der Waals surface area contributed by atoms with Gasteiger partial charge in [-0.15, -0.1) is 0 Å². The summed E-state index contributed by atoms with van der Waals surface area (Å²) >= 11 is 0. The first-order valence-corrected chi connectivity index (χ1v) is 39.1. The Morgan fingerprint density at radius 2 is 0.729 bits per heavy atom. The van der Waals surface area contributed by atoms with Gasteiger partial charge in [0.05, 0.1) is 32.0 Å². The number of aliphatic hydroxyl groups is 8. The number of nitrogens with one attached hydrogen (secondary N) is 1. The fourth-order valence-corrected chi connectivity index (χ4v) is 12.3. The minimum atomic E-state index is -1.80. The van der Waals surface area contributed by atoms with E-state index in [9.17, 15) is 45.6 Å². The standard InChI is InChI=1S/C82H143NO13/c1-3-5-7-9-11-13-15-17-19-21-23-25-27-29-31-33-34-35-36-38-39-41-43-45-47-49-51-53-55-57-59-61-63-65-71(86)70(69-93-81-79(92)77(90)80(73(68-85)95-81)96-82-78(91)76(89)75(88)72(67-84)94-82)83-74(87)66-64-62-60-58-56-54-52-50-48-46-44-42-40-37-32-30-28-26-24-22-20-18-16-14-12-10-8-6-4-2/h6,8,12,14,18,20,24,26,30,32,40,42,47,49,55,57,63,65,70-73,75-82,84-86,88-92H,3-5,7,9-11,13,15-17,19,21-23,25,27-29,31,33-39,41,43-46,48,50-54,56,58-62,64,66-69H2,1-2H3,(H,83,87)/b8-6-,14-12-,20-18-,26-24-,32-30-,42-40-,49-47+,57-55+,65-63+. The van der Waals surface area contributed by atoms with Crippen LogP contribution in [0, 0.1) is 0 Å². The number of carbonyl (C=O) groups is 1. The van der Waals surface area contributed by atoms with Gasteiger partial charge in [0.2, 0.25) is 5.91 Å². The molecule has 0 bridgehead atoms. The first-order chi connectivity index (χ1) is 47.1. The molecule has 554 valence electrons. The van der Waals surface area contributed by atoms with Crippen LogP contribution >= 0.6 is 0 Å². The normalized spacial score (nSPS) is 22.9. The molecule has 14 nitrogen and oxygen atoms in total. The highest BCUT2D eigenvalue weighted by Gasteiger charge is 2.51. The van der Waals surface area contributed by atoms with Crippen LogP contribution in [0.1, 0.15) is 309 Å². The number of hydrogen-bond acceptors (Lipinski definition) is 13. The lowest BCUT2D eigenvalue weighted by atomic mass is 9.97. The lowest BCUT2D eigenvalue weighted by Gasteiger charge is -2.46. The van der Waals surface area contributed by atoms with Crippen LogP contribution in [-0.2, 0) is 23.7 Å². The molecule has 2 aliphatic heterocycles. The maximum Gasteiger partial charge on any atom is 0.220 e. The summed E-state index contributed by atoms with van der Waals surface area (Å²) in [6.07, 6.45) is 77.4. The van der Waals surface area contributed by atoms with Gasteiger partial charge in [-0.25, -0.2) is 0 Å². The molecule has 2 saturated heterocycles. The number of amides is 1. The smallest absolute Gasteiger partial charge is 0.220 e. The third kappa shape index (κ3) is 47.7. The molecule has 2 fully saturated rings. The molecular weight excluding hydrogens is 1210 g/mol. The minimum absolute atomic E-state index is 0.258. The van der Waals surface area contributed by atoms with Crippen molar-refractivity contribution < 1.29 is 64.6 Å². The highest BCUT2D eigenvalue weighted by Crippen LogP contribution is 2.30. The van der Waals surface area contributed by atoms with E-state index in [0.29, 0.717) is 12.8 Å². The second kappa shape index (κ2) is 65.0. The molecule has 0 spiro atoms. The third-order valence-corrected chi connectivity index (χ3v) is 18.4. The zero-order valence-electron chi connectivity index (χ0n) is 60.6. The van der Waals surface area contributed by atoms with Crippen molar-refractivity contribution >= 4 is 5.91 Å². The molecule has 12 atom stereocenters. The van der Waals surface area contributed by atoms with Gasteiger partial charge in [0, 0.05) is 6.42 Å². The van der Waals surface area contributed by atoms with Gasteiger partial charge in [-0.2, -0.15) is 0 Å². The van der Waals surface area contributed by atoms with Gasteiger partial charge in [0.15, 0.2) is 12.6 Å². The van der Waals surface area contributed by atoms with E-state index in [1.807, 2.05) is 6.08 Å². The summed E-state index contributed by atoms with van der Waals surface area (Å²) in [5.41, 5.74) is 0. The van der Waals surface area contributed by atoms with E-state index < -0.39 is 86.8 Å². The summed E-state index contributed by atoms with van der Waals surface area (Å²) in [6, 6.07) is -0.950. The van der Waals surface area contributed by atoms with Crippen molar-refractivity contribution in [3.8, 4) is 0 Å². The van der Waals surface area contributed by atoms with Crippen molar-refractivity contribution in [2.24, 2.45) is 0 Å². The van der Waals surface area contributed by atoms with Crippen LogP contribution in [0.4, 0.5) is 0 Å². The molecule has 9 N–H and O–H groups in total. The summed E-state index contributed by atoms with van der Waals surface area (Å²) in [6.45, 7) is 2.69. The van der Waals surface area contributed by atoms with Crippen molar-refractivity contribution in [3.05, 3.63) is 109 Å². The lowest BCUT2D eigenvalue weighted by Crippen LogP contribution is -2.65. The van der Waals surface area contributed by atoms with Crippen molar-refractivity contribution in [2.45, 2.75) is 383 Å². The predicted molar refractivity (Wildman–Crippen MR) is 396 cm³/mol. The van der Waals surface area contributed by atoms with Gasteiger partial charge < -0.3 is 65.1 Å². The molecule has 0 aromatic rings. The van der Waals surface area contributed by atoms with Crippen molar-refractivity contribution in [1.29, 1.82) is 0 Å². The van der Waals surface area contributed by atoms with Gasteiger partial charge in [-0.1, -0.05) is 316 Å². The highest BCUT2D eigenvalue weighted by molar-refractivity contribution is 5.76. The molecule has 0 aliphatic carbocycles. The van der Waals surface area contributed by atoms with Crippen LogP contribution in [0.3, 0.4) is 0 Å². The fourth-order valence-electron chi connectivity index (χ4n) is 12.3. The topological polar surface area (TPSA) is 228 Å². The number of allylic oxidation sites excluding steroid dienone is 17. The molecule has 2 heterocycles. The maximum atomic E-state index is 13.4. The van der Waals surface area contributed by atoms with E-state index in [0.717, 1.165) is 89.9 Å². The van der Waals surface area contributed by atoms with E-state index in [1.165, 1.54) is 186 Å². The Kier molecular flexibility index (Phi) is 60.1. The van der Waals surface area contributed by atoms with Crippen molar-refractivity contribution in [2.75, 3.05) is 19.8 Å². The Balaban J connectivity index is 1.67. The molecule has 0 saturated carbocycles. The van der Waals surface area contributed by atoms with E-state index in [2.05, 4.69) is 116 Å². The largest absolute Gasteiger partial charge is 0.394 e. The van der Waals surface area contributed by atoms with Gasteiger partial charge in [0.1, 0.15) is 48.8 Å². The molecule has 14 heteroatoms. The third-order valence-electron chi connectivity index (χ3n) is 18.4. The van der Waals surface area contributed by atoms with Gasteiger partial charge >= 0.3 is 0 Å². The summed E-state index contributed by atoms with van der Waals surface area (Å²) < 4.78 is 22.9. The zero-order valence-corrected chi connectivity index (χ0v) is 60.6. The summed E-state index contributed by atoms with van der Waals surface area (Å²) in [5.74, 6) is -0.260. The molecular formula is C82H143NO13. The molecule has 0 radical (unpaired) electrons. The monoisotopic (exact) mass is 1350 g/mol. The lowest BCUT2D eigenvalue weighted by molar-refractivity contribution is -0.359. The molecule has 0 aromatic carbocycles. The van der Waals surface area contributed by atoms with E-state index in [1.54, 1.807) is 6.08 Å². The minimum Gasteiger partial charge on any atom is -0.394 e. The Morgan fingerprint density at radius 1 is 0.385 bits per heavy atom. The van der Waals surface area contributed by atoms with Crippen LogP contribution < -0.4 is 5.32 Å². The van der Waals surface area contributed by atoms with E-state index >= 15 is 0 Å². The van der Waals surface area contributed by atoms with Gasteiger partial charge in [-0.3, -0.25) is 4.79 Å². The van der Waals surface area contributed by atoms with E-state index in [4.69, 9.17) is 18.9 Å². The number of unbranched alkanes of at least 4 members (excludes halogenated alkanes) is 35. The average molecular weight is 1350 g/mol. The van der Waals surface area contributed by atoms with Crippen LogP contribution in [0.15, 0.2) is 109 Å². The molecule has 0 aromatic heterocycles. The van der Waals surface area contributed by atoms with Crippen LogP contribution in [0.25, 0.3) is 0 Å². The number of carbonyl (C=O) groups excluding carboxylic acids is 1. The fraction of sp³-hybridized carbons (Fsp3) is 0.768. The average Bonchev–Trinajstić information content (AvgIpc) is 0.854. The quantitative estimate of drug-likeness (QED) is 0.0204. The molecule has 2 aliphatic rings. The Hall–Kier alpha value is -3.35. The Morgan fingerprint density at radius 3 is 1.15 bits per heavy atom. The summed E-state index contributed by atoms with van der Waals surface area (Å²) in [5, 5.41) is 87.6. The second-order valence-electron chi connectivity index (χ2n) is 27.1.